The molecule has 0 amide bonds. The van der Waals surface area contributed by atoms with Crippen LogP contribution in [0.5, 0.6) is 0 Å². The summed E-state index contributed by atoms with van der Waals surface area (Å²) in [6.07, 6.45) is 10.0. The summed E-state index contributed by atoms with van der Waals surface area (Å²) < 4.78 is 7.99. The molecule has 1 aromatic heterocycles. The lowest BCUT2D eigenvalue weighted by atomic mass is 9.72. The Bertz CT molecular complexity index is 912. The van der Waals surface area contributed by atoms with Crippen molar-refractivity contribution < 1.29 is 9.53 Å². The van der Waals surface area contributed by atoms with Gasteiger partial charge < -0.3 is 19.5 Å². The van der Waals surface area contributed by atoms with E-state index >= 15 is 0 Å². The summed E-state index contributed by atoms with van der Waals surface area (Å²) in [6, 6.07) is 7.29. The number of likely N-dealkylation sites (tertiary alicyclic amines) is 1. The molecule has 3 heterocycles. The highest BCUT2D eigenvalue weighted by Crippen LogP contribution is 2.45. The second kappa shape index (κ2) is 8.35. The van der Waals surface area contributed by atoms with E-state index in [-0.39, 0.29) is 12.0 Å². The van der Waals surface area contributed by atoms with Gasteiger partial charge in [0.1, 0.15) is 6.04 Å². The maximum Gasteiger partial charge on any atom is 0.323 e. The highest BCUT2D eigenvalue weighted by molar-refractivity contribution is 5.89. The number of carbonyl (C=O) groups excluding carboxylic acids is 1. The second-order valence-corrected chi connectivity index (χ2v) is 9.74. The van der Waals surface area contributed by atoms with Crippen molar-refractivity contribution in [2.45, 2.75) is 62.9 Å². The predicted octanol–water partition coefficient (Wildman–Crippen LogP) is 3.60. The van der Waals surface area contributed by atoms with Crippen LogP contribution >= 0.6 is 0 Å². The summed E-state index contributed by atoms with van der Waals surface area (Å²) in [7, 11) is 4.44. The zero-order valence-electron chi connectivity index (χ0n) is 18.4. The number of nitrogens with zero attached hydrogens (tertiary/aromatic N) is 2. The highest BCUT2D eigenvalue weighted by Gasteiger charge is 2.39. The summed E-state index contributed by atoms with van der Waals surface area (Å²) in [4.78, 5) is 15.0. The number of hydrogen-bond acceptors (Lipinski definition) is 4. The van der Waals surface area contributed by atoms with Crippen molar-refractivity contribution in [1.29, 1.82) is 0 Å². The molecule has 2 aromatic rings. The van der Waals surface area contributed by atoms with Gasteiger partial charge in [0.2, 0.25) is 0 Å². The smallest absolute Gasteiger partial charge is 0.323 e. The van der Waals surface area contributed by atoms with E-state index in [4.69, 9.17) is 4.74 Å². The number of benzene rings is 1. The lowest BCUT2D eigenvalue weighted by Crippen LogP contribution is -2.48. The van der Waals surface area contributed by atoms with Crippen molar-refractivity contribution in [3.8, 4) is 0 Å². The number of aromatic nitrogens is 1. The number of nitrogens with one attached hydrogen (secondary N) is 1. The van der Waals surface area contributed by atoms with Gasteiger partial charge in [-0.15, -0.1) is 0 Å². The molecular weight excluding hydrogens is 374 g/mol. The SMILES string of the molecule is CN1C[C@H](CCOC(=O)C2CCCCCN2)CC2c3cccc4c3c(cn4C)C[C@H]21. The quantitative estimate of drug-likeness (QED) is 0.784. The van der Waals surface area contributed by atoms with E-state index in [2.05, 4.69) is 53.3 Å². The molecule has 0 spiro atoms. The first kappa shape index (κ1) is 20.1. The molecule has 4 atom stereocenters. The molecule has 1 aromatic carbocycles. The van der Waals surface area contributed by atoms with Crippen molar-refractivity contribution in [3.05, 3.63) is 35.5 Å². The minimum absolute atomic E-state index is 0.0460. The summed E-state index contributed by atoms with van der Waals surface area (Å²) >= 11 is 0. The van der Waals surface area contributed by atoms with Crippen LogP contribution in [0.4, 0.5) is 0 Å². The molecule has 2 aliphatic heterocycles. The molecule has 0 saturated carbocycles. The standard InChI is InChI=1S/C25H35N3O2/c1-27-15-17(10-12-30-25(29)21-8-4-3-5-11-26-21)13-20-19-7-6-9-22-24(19)18(14-23(20)27)16-28(22)2/h6-7,9,16-17,20-21,23,26H,3-5,8,10-15H2,1-2H3/t17-,20?,21?,23-/m1/s1. The molecule has 2 unspecified atom stereocenters. The molecule has 1 N–H and O–H groups in total. The maximum atomic E-state index is 12.5. The lowest BCUT2D eigenvalue weighted by molar-refractivity contribution is -0.146. The lowest BCUT2D eigenvalue weighted by Gasteiger charge is -2.45. The van der Waals surface area contributed by atoms with Crippen LogP contribution in [0, 0.1) is 5.92 Å². The van der Waals surface area contributed by atoms with Crippen molar-refractivity contribution in [3.63, 3.8) is 0 Å². The van der Waals surface area contributed by atoms with Crippen molar-refractivity contribution in [2.75, 3.05) is 26.7 Å². The number of fused-ring (bicyclic) bond motifs is 2. The third-order valence-corrected chi connectivity index (χ3v) is 7.73. The molecule has 5 heteroatoms. The fourth-order valence-corrected chi connectivity index (χ4v) is 6.20. The fourth-order valence-electron chi connectivity index (χ4n) is 6.20. The summed E-state index contributed by atoms with van der Waals surface area (Å²) in [5, 5.41) is 4.84. The van der Waals surface area contributed by atoms with Gasteiger partial charge in [-0.25, -0.2) is 0 Å². The molecule has 2 saturated heterocycles. The van der Waals surface area contributed by atoms with Crippen LogP contribution < -0.4 is 5.32 Å². The minimum atomic E-state index is -0.0987. The Morgan fingerprint density at radius 3 is 3.03 bits per heavy atom. The van der Waals surface area contributed by atoms with Gasteiger partial charge in [-0.1, -0.05) is 25.0 Å². The number of piperidine rings is 1. The zero-order chi connectivity index (χ0) is 20.7. The van der Waals surface area contributed by atoms with Gasteiger partial charge in [0.15, 0.2) is 0 Å². The first-order valence-electron chi connectivity index (χ1n) is 11.8. The number of esters is 1. The van der Waals surface area contributed by atoms with Crippen LogP contribution in [0.25, 0.3) is 10.9 Å². The topological polar surface area (TPSA) is 46.5 Å². The van der Waals surface area contributed by atoms with Gasteiger partial charge in [0.25, 0.3) is 0 Å². The number of likely N-dealkylation sites (N-methyl/N-ethyl adjacent to an activating group) is 1. The third-order valence-electron chi connectivity index (χ3n) is 7.73. The van der Waals surface area contributed by atoms with Gasteiger partial charge >= 0.3 is 5.97 Å². The molecule has 162 valence electrons. The molecular formula is C25H35N3O2. The van der Waals surface area contributed by atoms with E-state index in [0.717, 1.165) is 45.2 Å². The Kier molecular flexibility index (Phi) is 5.59. The molecule has 0 bridgehead atoms. The molecule has 30 heavy (non-hydrogen) atoms. The van der Waals surface area contributed by atoms with Gasteiger partial charge in [-0.2, -0.15) is 0 Å². The van der Waals surface area contributed by atoms with Gasteiger partial charge in [0.05, 0.1) is 6.61 Å². The second-order valence-electron chi connectivity index (χ2n) is 9.74. The van der Waals surface area contributed by atoms with E-state index in [9.17, 15) is 4.79 Å². The molecule has 0 radical (unpaired) electrons. The maximum absolute atomic E-state index is 12.5. The van der Waals surface area contributed by atoms with Gasteiger partial charge in [0, 0.05) is 42.7 Å². The molecule has 3 aliphatic rings. The Labute approximate surface area is 179 Å². The summed E-state index contributed by atoms with van der Waals surface area (Å²) in [5.74, 6) is 1.11. The van der Waals surface area contributed by atoms with Crippen LogP contribution in [-0.2, 0) is 23.0 Å². The average molecular weight is 410 g/mol. The number of rotatable bonds is 4. The molecule has 2 fully saturated rings. The van der Waals surface area contributed by atoms with Crippen molar-refractivity contribution >= 4 is 16.9 Å². The fraction of sp³-hybridized carbons (Fsp3) is 0.640. The van der Waals surface area contributed by atoms with Crippen LogP contribution in [0.2, 0.25) is 0 Å². The van der Waals surface area contributed by atoms with Crippen molar-refractivity contribution in [2.24, 2.45) is 13.0 Å². The summed E-state index contributed by atoms with van der Waals surface area (Å²) in [5.41, 5.74) is 4.38. The Hall–Kier alpha value is -1.85. The number of hydrogen-bond donors (Lipinski definition) is 1. The number of carbonyl (C=O) groups is 1. The third kappa shape index (κ3) is 3.67. The predicted molar refractivity (Wildman–Crippen MR) is 120 cm³/mol. The van der Waals surface area contributed by atoms with Crippen LogP contribution in [0.1, 0.15) is 55.6 Å². The van der Waals surface area contributed by atoms with Gasteiger partial charge in [-0.05, 0) is 68.8 Å². The number of aryl methyl sites for hydroxylation is 1. The molecule has 1 aliphatic carbocycles. The summed E-state index contributed by atoms with van der Waals surface area (Å²) in [6.45, 7) is 2.58. The molecule has 5 rings (SSSR count). The molecule has 5 nitrogen and oxygen atoms in total. The van der Waals surface area contributed by atoms with Crippen molar-refractivity contribution in [1.82, 2.24) is 14.8 Å². The van der Waals surface area contributed by atoms with Crippen LogP contribution in [-0.4, -0.2) is 54.3 Å². The van der Waals surface area contributed by atoms with E-state index in [1.807, 2.05) is 0 Å². The number of ether oxygens (including phenoxy) is 1. The van der Waals surface area contributed by atoms with E-state index in [0.29, 0.717) is 24.5 Å². The first-order valence-corrected chi connectivity index (χ1v) is 11.8. The van der Waals surface area contributed by atoms with E-state index < -0.39 is 0 Å². The first-order chi connectivity index (χ1) is 14.6. The Balaban J connectivity index is 1.24. The minimum Gasteiger partial charge on any atom is -0.465 e. The van der Waals surface area contributed by atoms with Gasteiger partial charge in [-0.3, -0.25) is 4.79 Å². The van der Waals surface area contributed by atoms with E-state index in [1.165, 1.54) is 34.9 Å². The largest absolute Gasteiger partial charge is 0.465 e. The Morgan fingerprint density at radius 2 is 2.13 bits per heavy atom. The monoisotopic (exact) mass is 409 g/mol. The highest BCUT2D eigenvalue weighted by atomic mass is 16.5. The van der Waals surface area contributed by atoms with E-state index in [1.54, 1.807) is 0 Å². The van der Waals surface area contributed by atoms with Crippen LogP contribution in [0.3, 0.4) is 0 Å². The Morgan fingerprint density at radius 1 is 1.23 bits per heavy atom. The van der Waals surface area contributed by atoms with Crippen LogP contribution in [0.15, 0.2) is 24.4 Å². The average Bonchev–Trinajstić information content (AvgIpc) is 2.92. The zero-order valence-corrected chi connectivity index (χ0v) is 18.4. The normalized spacial score (nSPS) is 29.4.